The van der Waals surface area contributed by atoms with Gasteiger partial charge in [0, 0.05) is 38.8 Å². The summed E-state index contributed by atoms with van der Waals surface area (Å²) < 4.78 is 23.1. The fourth-order valence-corrected chi connectivity index (χ4v) is 4.68. The third kappa shape index (κ3) is 3.93. The molecule has 0 bridgehead atoms. The van der Waals surface area contributed by atoms with E-state index < -0.39 is 9.84 Å². The van der Waals surface area contributed by atoms with Crippen LogP contribution in [0.4, 0.5) is 0 Å². The Morgan fingerprint density at radius 1 is 1.25 bits per heavy atom. The van der Waals surface area contributed by atoms with Gasteiger partial charge in [0.1, 0.15) is 0 Å². The predicted molar refractivity (Wildman–Crippen MR) is 78.4 cm³/mol. The molecule has 0 aromatic carbocycles. The molecular formula is C13H25N3O3S. The number of sulfone groups is 1. The van der Waals surface area contributed by atoms with Crippen LogP contribution in [0.5, 0.6) is 0 Å². The lowest BCUT2D eigenvalue weighted by Gasteiger charge is -2.34. The van der Waals surface area contributed by atoms with E-state index in [1.165, 1.54) is 0 Å². The summed E-state index contributed by atoms with van der Waals surface area (Å²) in [7, 11) is -0.854. The lowest BCUT2D eigenvalue weighted by atomic mass is 10.2. The van der Waals surface area contributed by atoms with Crippen LogP contribution in [0.2, 0.25) is 0 Å². The lowest BCUT2D eigenvalue weighted by Crippen LogP contribution is -2.51. The van der Waals surface area contributed by atoms with Crippen LogP contribution in [0, 0.1) is 0 Å². The molecule has 7 heteroatoms. The first-order valence-electron chi connectivity index (χ1n) is 7.32. The number of carbonyl (C=O) groups is 1. The molecule has 0 aliphatic carbocycles. The van der Waals surface area contributed by atoms with Crippen molar-refractivity contribution >= 4 is 15.7 Å². The minimum atomic E-state index is -2.94. The van der Waals surface area contributed by atoms with Gasteiger partial charge in [-0.1, -0.05) is 0 Å². The molecule has 2 fully saturated rings. The molecule has 0 aromatic rings. The van der Waals surface area contributed by atoms with E-state index in [0.717, 1.165) is 26.2 Å². The highest BCUT2D eigenvalue weighted by atomic mass is 32.2. The summed E-state index contributed by atoms with van der Waals surface area (Å²) in [5, 5.41) is 0. The number of nitrogens with zero attached hydrogens (tertiary/aromatic N) is 3. The topological polar surface area (TPSA) is 60.9 Å². The van der Waals surface area contributed by atoms with Crippen molar-refractivity contribution in [2.75, 3.05) is 57.8 Å². The maximum Gasteiger partial charge on any atom is 0.237 e. The van der Waals surface area contributed by atoms with Crippen LogP contribution in [-0.2, 0) is 14.6 Å². The molecule has 2 rings (SSSR count). The predicted octanol–water partition coefficient (Wildman–Crippen LogP) is -0.731. The standard InChI is InChI=1S/C13H25N3O3S/c1-3-16(12-4-9-20(18,19)11-12)13(17)10-15-7-5-14(2)6-8-15/h12H,3-11H2,1-2H3. The van der Waals surface area contributed by atoms with Gasteiger partial charge in [-0.3, -0.25) is 9.69 Å². The molecule has 20 heavy (non-hydrogen) atoms. The first-order valence-corrected chi connectivity index (χ1v) is 9.14. The molecule has 1 atom stereocenters. The van der Waals surface area contributed by atoms with Crippen molar-refractivity contribution in [3.05, 3.63) is 0 Å². The monoisotopic (exact) mass is 303 g/mol. The summed E-state index contributed by atoms with van der Waals surface area (Å²) in [6.07, 6.45) is 0.588. The number of amides is 1. The molecule has 0 saturated carbocycles. The number of piperazine rings is 1. The van der Waals surface area contributed by atoms with Crippen LogP contribution in [0.1, 0.15) is 13.3 Å². The van der Waals surface area contributed by atoms with E-state index in [1.807, 2.05) is 6.92 Å². The van der Waals surface area contributed by atoms with Crippen molar-refractivity contribution in [3.8, 4) is 0 Å². The molecule has 2 heterocycles. The molecule has 2 aliphatic heterocycles. The summed E-state index contributed by atoms with van der Waals surface area (Å²) in [6.45, 7) is 6.71. The normalized spacial score (nSPS) is 27.6. The first kappa shape index (κ1) is 15.7. The zero-order valence-electron chi connectivity index (χ0n) is 12.4. The lowest BCUT2D eigenvalue weighted by molar-refractivity contribution is -0.134. The summed E-state index contributed by atoms with van der Waals surface area (Å²) >= 11 is 0. The molecule has 0 aromatic heterocycles. The highest BCUT2D eigenvalue weighted by molar-refractivity contribution is 7.91. The average Bonchev–Trinajstić information content (AvgIpc) is 2.73. The van der Waals surface area contributed by atoms with Gasteiger partial charge >= 0.3 is 0 Å². The number of likely N-dealkylation sites (N-methyl/N-ethyl adjacent to an activating group) is 2. The second-order valence-electron chi connectivity index (χ2n) is 5.82. The molecule has 1 amide bonds. The minimum absolute atomic E-state index is 0.0687. The number of hydrogen-bond donors (Lipinski definition) is 0. The van der Waals surface area contributed by atoms with Crippen LogP contribution >= 0.6 is 0 Å². The van der Waals surface area contributed by atoms with Gasteiger partial charge in [-0.2, -0.15) is 0 Å². The van der Waals surface area contributed by atoms with Crippen molar-refractivity contribution in [1.29, 1.82) is 0 Å². The molecule has 116 valence electrons. The van der Waals surface area contributed by atoms with Gasteiger partial charge in [-0.25, -0.2) is 8.42 Å². The fraction of sp³-hybridized carbons (Fsp3) is 0.923. The quantitative estimate of drug-likeness (QED) is 0.685. The van der Waals surface area contributed by atoms with Gasteiger partial charge < -0.3 is 9.80 Å². The molecule has 0 radical (unpaired) electrons. The first-order chi connectivity index (χ1) is 9.41. The molecule has 0 N–H and O–H groups in total. The van der Waals surface area contributed by atoms with Crippen LogP contribution in [0.25, 0.3) is 0 Å². The highest BCUT2D eigenvalue weighted by Gasteiger charge is 2.34. The Balaban J connectivity index is 1.89. The summed E-state index contributed by atoms with van der Waals surface area (Å²) in [5.41, 5.74) is 0. The van der Waals surface area contributed by atoms with E-state index >= 15 is 0 Å². The Hall–Kier alpha value is -0.660. The molecule has 2 aliphatic rings. The van der Waals surface area contributed by atoms with Gasteiger partial charge in [-0.15, -0.1) is 0 Å². The van der Waals surface area contributed by atoms with Crippen molar-refractivity contribution < 1.29 is 13.2 Å². The van der Waals surface area contributed by atoms with Gasteiger partial charge in [-0.05, 0) is 20.4 Å². The number of carbonyl (C=O) groups excluding carboxylic acids is 1. The fourth-order valence-electron chi connectivity index (χ4n) is 2.95. The summed E-state index contributed by atoms with van der Waals surface area (Å²) in [6, 6.07) is -0.120. The summed E-state index contributed by atoms with van der Waals surface area (Å²) in [4.78, 5) is 18.6. The summed E-state index contributed by atoms with van der Waals surface area (Å²) in [5.74, 6) is 0.421. The van der Waals surface area contributed by atoms with E-state index in [2.05, 4.69) is 16.8 Å². The Kier molecular flexibility index (Phi) is 5.04. The molecule has 0 spiro atoms. The van der Waals surface area contributed by atoms with E-state index in [0.29, 0.717) is 19.5 Å². The molecule has 2 saturated heterocycles. The van der Waals surface area contributed by atoms with Gasteiger partial charge in [0.15, 0.2) is 9.84 Å². The van der Waals surface area contributed by atoms with E-state index in [-0.39, 0.29) is 23.5 Å². The minimum Gasteiger partial charge on any atom is -0.338 e. The molecule has 1 unspecified atom stereocenters. The number of hydrogen-bond acceptors (Lipinski definition) is 5. The zero-order valence-corrected chi connectivity index (χ0v) is 13.2. The van der Waals surface area contributed by atoms with E-state index in [9.17, 15) is 13.2 Å². The Morgan fingerprint density at radius 3 is 2.40 bits per heavy atom. The molecule has 6 nitrogen and oxygen atoms in total. The van der Waals surface area contributed by atoms with Crippen LogP contribution in [0.3, 0.4) is 0 Å². The van der Waals surface area contributed by atoms with Crippen LogP contribution in [-0.4, -0.2) is 92.9 Å². The maximum atomic E-state index is 12.4. The zero-order chi connectivity index (χ0) is 14.8. The third-order valence-electron chi connectivity index (χ3n) is 4.26. The van der Waals surface area contributed by atoms with E-state index in [1.54, 1.807) is 4.90 Å². The Bertz CT molecular complexity index is 444. The van der Waals surface area contributed by atoms with E-state index in [4.69, 9.17) is 0 Å². The third-order valence-corrected chi connectivity index (χ3v) is 6.02. The number of rotatable bonds is 4. The van der Waals surface area contributed by atoms with Gasteiger partial charge in [0.25, 0.3) is 0 Å². The molecular weight excluding hydrogens is 278 g/mol. The Labute approximate surface area is 121 Å². The van der Waals surface area contributed by atoms with Crippen molar-refractivity contribution in [3.63, 3.8) is 0 Å². The second kappa shape index (κ2) is 6.41. The Morgan fingerprint density at radius 2 is 1.90 bits per heavy atom. The average molecular weight is 303 g/mol. The SMILES string of the molecule is CCN(C(=O)CN1CCN(C)CC1)C1CCS(=O)(=O)C1. The van der Waals surface area contributed by atoms with Gasteiger partial charge in [0.2, 0.25) is 5.91 Å². The van der Waals surface area contributed by atoms with Crippen LogP contribution < -0.4 is 0 Å². The maximum absolute atomic E-state index is 12.4. The van der Waals surface area contributed by atoms with Crippen molar-refractivity contribution in [2.24, 2.45) is 0 Å². The smallest absolute Gasteiger partial charge is 0.237 e. The van der Waals surface area contributed by atoms with Crippen molar-refractivity contribution in [1.82, 2.24) is 14.7 Å². The highest BCUT2D eigenvalue weighted by Crippen LogP contribution is 2.18. The largest absolute Gasteiger partial charge is 0.338 e. The van der Waals surface area contributed by atoms with Crippen molar-refractivity contribution in [2.45, 2.75) is 19.4 Å². The van der Waals surface area contributed by atoms with Crippen LogP contribution in [0.15, 0.2) is 0 Å². The van der Waals surface area contributed by atoms with Gasteiger partial charge in [0.05, 0.1) is 18.1 Å². The second-order valence-corrected chi connectivity index (χ2v) is 8.04.